The molecule has 10 heteroatoms. The van der Waals surface area contributed by atoms with Crippen molar-refractivity contribution in [1.82, 2.24) is 15.0 Å². The monoisotopic (exact) mass is 476 g/mol. The van der Waals surface area contributed by atoms with Gasteiger partial charge in [0.15, 0.2) is 9.84 Å². The molecule has 3 N–H and O–H groups in total. The van der Waals surface area contributed by atoms with Crippen LogP contribution >= 0.6 is 0 Å². The Kier molecular flexibility index (Phi) is 6.38. The van der Waals surface area contributed by atoms with Crippen LogP contribution in [0.2, 0.25) is 0 Å². The van der Waals surface area contributed by atoms with E-state index in [1.165, 1.54) is 18.5 Å². The number of nitriles is 1. The van der Waals surface area contributed by atoms with E-state index in [2.05, 4.69) is 15.3 Å². The molecule has 2 aromatic heterocycles. The molecule has 0 radical (unpaired) electrons. The summed E-state index contributed by atoms with van der Waals surface area (Å²) in [4.78, 5) is 12.7. The second-order valence-corrected chi connectivity index (χ2v) is 9.92. The molecule has 8 nitrogen and oxygen atoms in total. The zero-order chi connectivity index (χ0) is 24.3. The van der Waals surface area contributed by atoms with Gasteiger partial charge in [-0.1, -0.05) is 30.3 Å². The number of nitrogens with zero attached hydrogens (tertiary/aromatic N) is 4. The van der Waals surface area contributed by atoms with E-state index >= 15 is 0 Å². The van der Waals surface area contributed by atoms with Crippen LogP contribution in [0.1, 0.15) is 16.8 Å². The number of nitrogen functional groups attached to an aromatic ring is 1. The molecule has 0 spiro atoms. The summed E-state index contributed by atoms with van der Waals surface area (Å²) in [5, 5.41) is 12.9. The van der Waals surface area contributed by atoms with Crippen LogP contribution in [0, 0.1) is 17.1 Å². The Hall–Kier alpha value is -4.10. The number of pyridine rings is 1. The Morgan fingerprint density at radius 2 is 1.91 bits per heavy atom. The number of nitrogens with two attached hydrogens (primary N) is 1. The van der Waals surface area contributed by atoms with Crippen LogP contribution in [0.3, 0.4) is 0 Å². The maximum absolute atomic E-state index is 14.1. The molecule has 4 aromatic rings. The second kappa shape index (κ2) is 9.41. The Morgan fingerprint density at radius 1 is 1.15 bits per heavy atom. The van der Waals surface area contributed by atoms with Crippen molar-refractivity contribution in [2.45, 2.75) is 12.2 Å². The summed E-state index contributed by atoms with van der Waals surface area (Å²) in [6.45, 7) is 0.336. The molecule has 0 amide bonds. The highest BCUT2D eigenvalue weighted by Crippen LogP contribution is 2.34. The largest absolute Gasteiger partial charge is 0.382 e. The average Bonchev–Trinajstić information content (AvgIpc) is 2.79. The van der Waals surface area contributed by atoms with Crippen LogP contribution in [0.5, 0.6) is 0 Å². The molecule has 172 valence electrons. The number of sulfone groups is 1. The molecule has 0 unspecified atom stereocenters. The van der Waals surface area contributed by atoms with Gasteiger partial charge in [0.1, 0.15) is 35.4 Å². The van der Waals surface area contributed by atoms with Crippen molar-refractivity contribution in [2.75, 3.05) is 23.9 Å². The summed E-state index contributed by atoms with van der Waals surface area (Å²) < 4.78 is 38.8. The molecule has 2 aromatic carbocycles. The van der Waals surface area contributed by atoms with Crippen molar-refractivity contribution in [2.24, 2.45) is 0 Å². The maximum atomic E-state index is 14.1. The summed E-state index contributed by atoms with van der Waals surface area (Å²) in [6, 6.07) is 15.4. The molecule has 0 bridgehead atoms. The van der Waals surface area contributed by atoms with Gasteiger partial charge in [0.05, 0.1) is 17.0 Å². The van der Waals surface area contributed by atoms with Gasteiger partial charge in [-0.05, 0) is 29.3 Å². The summed E-state index contributed by atoms with van der Waals surface area (Å²) >= 11 is 0. The number of rotatable bonds is 7. The van der Waals surface area contributed by atoms with Crippen LogP contribution in [0.4, 0.5) is 16.0 Å². The van der Waals surface area contributed by atoms with Crippen molar-refractivity contribution < 1.29 is 12.8 Å². The fourth-order valence-electron chi connectivity index (χ4n) is 3.84. The third kappa shape index (κ3) is 4.94. The van der Waals surface area contributed by atoms with Gasteiger partial charge >= 0.3 is 0 Å². The summed E-state index contributed by atoms with van der Waals surface area (Å²) in [5.74, 6) is -0.356. The van der Waals surface area contributed by atoms with Crippen LogP contribution in [0.15, 0.2) is 54.9 Å². The highest BCUT2D eigenvalue weighted by molar-refractivity contribution is 7.89. The lowest BCUT2D eigenvalue weighted by molar-refractivity contribution is 0.601. The first kappa shape index (κ1) is 23.1. The molecule has 0 aliphatic carbocycles. The minimum atomic E-state index is -3.44. The number of hydrogen-bond donors (Lipinski definition) is 2. The molecular formula is C24H21FN6O2S. The summed E-state index contributed by atoms with van der Waals surface area (Å²) in [7, 11) is -3.44. The molecular weight excluding hydrogens is 455 g/mol. The zero-order valence-corrected chi connectivity index (χ0v) is 19.1. The van der Waals surface area contributed by atoms with E-state index in [4.69, 9.17) is 10.7 Å². The molecule has 0 aliphatic heterocycles. The SMILES string of the molecule is CS(=O)(=O)Cc1c(-c2ccccc2)c(CCNc2ncnc(N)c2C#N)nc2ccc(F)cc12. The fourth-order valence-corrected chi connectivity index (χ4v) is 4.66. The van der Waals surface area contributed by atoms with Crippen molar-refractivity contribution in [1.29, 1.82) is 5.26 Å². The molecule has 0 saturated heterocycles. The standard InChI is InChI=1S/C24H21FN6O2S/c1-34(32,33)13-19-17-11-16(25)7-8-20(17)31-21(22(19)15-5-3-2-4-6-15)9-10-28-24-18(12-26)23(27)29-14-30-24/h2-8,11,14H,9-10,13H2,1H3,(H3,27,28,29,30). The first-order chi connectivity index (χ1) is 16.3. The normalized spacial score (nSPS) is 11.3. The van der Waals surface area contributed by atoms with E-state index in [0.29, 0.717) is 46.5 Å². The number of benzene rings is 2. The molecule has 0 saturated carbocycles. The first-order valence-corrected chi connectivity index (χ1v) is 12.4. The number of hydrogen-bond acceptors (Lipinski definition) is 8. The van der Waals surface area contributed by atoms with E-state index in [0.717, 1.165) is 11.8 Å². The quantitative estimate of drug-likeness (QED) is 0.414. The van der Waals surface area contributed by atoms with Gasteiger partial charge in [-0.2, -0.15) is 5.26 Å². The average molecular weight is 477 g/mol. The van der Waals surface area contributed by atoms with Gasteiger partial charge < -0.3 is 11.1 Å². The minimum Gasteiger partial charge on any atom is -0.382 e. The van der Waals surface area contributed by atoms with Crippen molar-refractivity contribution in [3.8, 4) is 17.2 Å². The van der Waals surface area contributed by atoms with Crippen LogP contribution in [-0.2, 0) is 22.0 Å². The lowest BCUT2D eigenvalue weighted by atomic mass is 9.94. The first-order valence-electron chi connectivity index (χ1n) is 10.4. The molecule has 2 heterocycles. The van der Waals surface area contributed by atoms with Gasteiger partial charge in [0.2, 0.25) is 0 Å². The summed E-state index contributed by atoms with van der Waals surface area (Å²) in [5.41, 5.74) is 8.95. The van der Waals surface area contributed by atoms with Crippen LogP contribution in [0.25, 0.3) is 22.0 Å². The lowest BCUT2D eigenvalue weighted by Gasteiger charge is -2.18. The highest BCUT2D eigenvalue weighted by Gasteiger charge is 2.20. The minimum absolute atomic E-state index is 0.0753. The Bertz CT molecular complexity index is 1520. The maximum Gasteiger partial charge on any atom is 0.151 e. The van der Waals surface area contributed by atoms with Gasteiger partial charge in [-0.3, -0.25) is 4.98 Å². The highest BCUT2D eigenvalue weighted by atomic mass is 32.2. The Balaban J connectivity index is 1.83. The predicted octanol–water partition coefficient (Wildman–Crippen LogP) is 3.48. The van der Waals surface area contributed by atoms with E-state index in [-0.39, 0.29) is 17.1 Å². The van der Waals surface area contributed by atoms with E-state index in [1.807, 2.05) is 36.4 Å². The van der Waals surface area contributed by atoms with E-state index in [1.54, 1.807) is 6.07 Å². The third-order valence-corrected chi connectivity index (χ3v) is 6.05. The van der Waals surface area contributed by atoms with Crippen LogP contribution < -0.4 is 11.1 Å². The Morgan fingerprint density at radius 3 is 2.62 bits per heavy atom. The zero-order valence-electron chi connectivity index (χ0n) is 18.3. The number of aromatic nitrogens is 3. The number of halogens is 1. The molecule has 4 rings (SSSR count). The van der Waals surface area contributed by atoms with Gasteiger partial charge in [-0.15, -0.1) is 0 Å². The van der Waals surface area contributed by atoms with Crippen molar-refractivity contribution in [3.05, 3.63) is 77.5 Å². The molecule has 0 aliphatic rings. The lowest BCUT2D eigenvalue weighted by Crippen LogP contribution is -2.13. The topological polar surface area (TPSA) is 135 Å². The van der Waals surface area contributed by atoms with Crippen LogP contribution in [-0.4, -0.2) is 36.2 Å². The molecule has 0 fully saturated rings. The van der Waals surface area contributed by atoms with Gasteiger partial charge in [0, 0.05) is 30.2 Å². The molecule has 34 heavy (non-hydrogen) atoms. The smallest absolute Gasteiger partial charge is 0.151 e. The van der Waals surface area contributed by atoms with Crippen molar-refractivity contribution in [3.63, 3.8) is 0 Å². The van der Waals surface area contributed by atoms with Crippen molar-refractivity contribution >= 4 is 32.4 Å². The number of anilines is 2. The number of fused-ring (bicyclic) bond motifs is 1. The van der Waals surface area contributed by atoms with Gasteiger partial charge in [0.25, 0.3) is 0 Å². The van der Waals surface area contributed by atoms with E-state index in [9.17, 15) is 18.1 Å². The number of nitrogens with one attached hydrogen (secondary N) is 1. The molecule has 0 atom stereocenters. The Labute approximate surface area is 196 Å². The predicted molar refractivity (Wildman–Crippen MR) is 129 cm³/mol. The fraction of sp³-hybridized carbons (Fsp3) is 0.167. The summed E-state index contributed by atoms with van der Waals surface area (Å²) in [6.07, 6.45) is 2.79. The van der Waals surface area contributed by atoms with E-state index < -0.39 is 15.7 Å². The van der Waals surface area contributed by atoms with Gasteiger partial charge in [-0.25, -0.2) is 22.8 Å². The second-order valence-electron chi connectivity index (χ2n) is 7.78. The third-order valence-electron chi connectivity index (χ3n) is 5.24.